The minimum atomic E-state index is -4.44. The third-order valence-corrected chi connectivity index (χ3v) is 2.70. The summed E-state index contributed by atoms with van der Waals surface area (Å²) in [6.45, 7) is 0.457. The van der Waals surface area contributed by atoms with Gasteiger partial charge in [0, 0.05) is 6.54 Å². The summed E-state index contributed by atoms with van der Waals surface area (Å²) in [7, 11) is 0. The zero-order valence-electron chi connectivity index (χ0n) is 10.5. The predicted molar refractivity (Wildman–Crippen MR) is 69.5 cm³/mol. The first-order valence-corrected chi connectivity index (χ1v) is 6.01. The number of benzene rings is 1. The van der Waals surface area contributed by atoms with E-state index in [1.807, 2.05) is 0 Å². The number of anilines is 1. The van der Waals surface area contributed by atoms with Crippen molar-refractivity contribution in [3.05, 3.63) is 53.7 Å². The lowest BCUT2D eigenvalue weighted by Gasteiger charge is -2.09. The Labute approximate surface area is 114 Å². The molecular formula is C14H13F3N2O. The first-order chi connectivity index (χ1) is 9.45. The van der Waals surface area contributed by atoms with Crippen molar-refractivity contribution < 1.29 is 18.3 Å². The molecule has 0 saturated heterocycles. The molecule has 0 aliphatic heterocycles. The van der Waals surface area contributed by atoms with Crippen LogP contribution in [0.3, 0.4) is 0 Å². The molecule has 2 aromatic rings. The SMILES string of the molecule is Oc1ccc(CCNc2cccc(C(F)(F)F)n2)cc1. The van der Waals surface area contributed by atoms with Crippen molar-refractivity contribution in [2.75, 3.05) is 11.9 Å². The highest BCUT2D eigenvalue weighted by atomic mass is 19.4. The van der Waals surface area contributed by atoms with Gasteiger partial charge >= 0.3 is 6.18 Å². The second kappa shape index (κ2) is 5.81. The molecule has 0 aliphatic rings. The average molecular weight is 282 g/mol. The van der Waals surface area contributed by atoms with E-state index in [0.717, 1.165) is 11.6 Å². The number of alkyl halides is 3. The van der Waals surface area contributed by atoms with Crippen LogP contribution in [-0.4, -0.2) is 16.6 Å². The second-order valence-electron chi connectivity index (χ2n) is 4.25. The molecule has 1 heterocycles. The highest BCUT2D eigenvalue weighted by Gasteiger charge is 2.32. The van der Waals surface area contributed by atoms with Gasteiger partial charge in [0.05, 0.1) is 0 Å². The number of nitrogens with zero attached hydrogens (tertiary/aromatic N) is 1. The summed E-state index contributed by atoms with van der Waals surface area (Å²) in [5.41, 5.74) is 0.0643. The van der Waals surface area contributed by atoms with E-state index in [1.54, 1.807) is 24.3 Å². The van der Waals surface area contributed by atoms with Gasteiger partial charge < -0.3 is 10.4 Å². The van der Waals surface area contributed by atoms with Crippen LogP contribution >= 0.6 is 0 Å². The Balaban J connectivity index is 1.93. The highest BCUT2D eigenvalue weighted by molar-refractivity contribution is 5.36. The molecule has 3 nitrogen and oxygen atoms in total. The molecule has 0 radical (unpaired) electrons. The van der Waals surface area contributed by atoms with Gasteiger partial charge in [-0.15, -0.1) is 0 Å². The van der Waals surface area contributed by atoms with Gasteiger partial charge in [-0.1, -0.05) is 18.2 Å². The molecule has 6 heteroatoms. The number of phenols is 1. The lowest BCUT2D eigenvalue weighted by molar-refractivity contribution is -0.141. The van der Waals surface area contributed by atoms with E-state index in [0.29, 0.717) is 13.0 Å². The fourth-order valence-electron chi connectivity index (χ4n) is 1.69. The fourth-order valence-corrected chi connectivity index (χ4v) is 1.69. The van der Waals surface area contributed by atoms with Gasteiger partial charge in [0.2, 0.25) is 0 Å². The number of rotatable bonds is 4. The molecule has 2 N–H and O–H groups in total. The first kappa shape index (κ1) is 14.2. The van der Waals surface area contributed by atoms with E-state index in [9.17, 15) is 13.2 Å². The lowest BCUT2D eigenvalue weighted by Crippen LogP contribution is -2.11. The molecule has 0 aliphatic carbocycles. The topological polar surface area (TPSA) is 45.1 Å². The van der Waals surface area contributed by atoms with Gasteiger partial charge in [-0.2, -0.15) is 13.2 Å². The van der Waals surface area contributed by atoms with Gasteiger partial charge in [0.15, 0.2) is 0 Å². The molecule has 0 fully saturated rings. The number of halogens is 3. The zero-order chi connectivity index (χ0) is 14.6. The Kier molecular flexibility index (Phi) is 4.12. The van der Waals surface area contributed by atoms with Crippen LogP contribution in [0.25, 0.3) is 0 Å². The Morgan fingerprint density at radius 3 is 2.40 bits per heavy atom. The Morgan fingerprint density at radius 2 is 1.75 bits per heavy atom. The summed E-state index contributed by atoms with van der Waals surface area (Å²) in [4.78, 5) is 3.51. The van der Waals surface area contributed by atoms with E-state index < -0.39 is 11.9 Å². The van der Waals surface area contributed by atoms with Crippen LogP contribution in [0.1, 0.15) is 11.3 Å². The largest absolute Gasteiger partial charge is 0.508 e. The van der Waals surface area contributed by atoms with Crippen molar-refractivity contribution in [2.45, 2.75) is 12.6 Å². The van der Waals surface area contributed by atoms with Crippen LogP contribution in [0, 0.1) is 0 Å². The minimum Gasteiger partial charge on any atom is -0.508 e. The molecule has 2 rings (SSSR count). The van der Waals surface area contributed by atoms with Crippen LogP contribution in [0.5, 0.6) is 5.75 Å². The number of nitrogens with one attached hydrogen (secondary N) is 1. The molecule has 0 unspecified atom stereocenters. The molecule has 0 atom stereocenters. The van der Waals surface area contributed by atoms with E-state index in [4.69, 9.17) is 5.11 Å². The van der Waals surface area contributed by atoms with Gasteiger partial charge in [-0.25, -0.2) is 4.98 Å². The number of aromatic nitrogens is 1. The van der Waals surface area contributed by atoms with Crippen LogP contribution in [-0.2, 0) is 12.6 Å². The van der Waals surface area contributed by atoms with Crippen molar-refractivity contribution in [1.82, 2.24) is 4.98 Å². The van der Waals surface area contributed by atoms with Crippen LogP contribution in [0.4, 0.5) is 19.0 Å². The Bertz CT molecular complexity index is 567. The average Bonchev–Trinajstić information content (AvgIpc) is 2.40. The van der Waals surface area contributed by atoms with Gasteiger partial charge in [-0.05, 0) is 36.2 Å². The third-order valence-electron chi connectivity index (χ3n) is 2.70. The number of hydrogen-bond donors (Lipinski definition) is 2. The molecular weight excluding hydrogens is 269 g/mol. The van der Waals surface area contributed by atoms with Crippen LogP contribution in [0.15, 0.2) is 42.5 Å². The number of phenolic OH excluding ortho intramolecular Hbond substituents is 1. The second-order valence-corrected chi connectivity index (χ2v) is 4.25. The molecule has 1 aromatic carbocycles. The molecule has 20 heavy (non-hydrogen) atoms. The Morgan fingerprint density at radius 1 is 1.05 bits per heavy atom. The molecule has 0 bridgehead atoms. The van der Waals surface area contributed by atoms with Crippen molar-refractivity contribution in [1.29, 1.82) is 0 Å². The third kappa shape index (κ3) is 3.88. The van der Waals surface area contributed by atoms with E-state index in [-0.39, 0.29) is 11.6 Å². The summed E-state index contributed by atoms with van der Waals surface area (Å²) in [6, 6.07) is 10.4. The van der Waals surface area contributed by atoms with Crippen molar-refractivity contribution in [3.8, 4) is 5.75 Å². The van der Waals surface area contributed by atoms with Gasteiger partial charge in [-0.3, -0.25) is 0 Å². The molecule has 106 valence electrons. The normalized spacial score (nSPS) is 11.3. The van der Waals surface area contributed by atoms with Gasteiger partial charge in [0.25, 0.3) is 0 Å². The summed E-state index contributed by atoms with van der Waals surface area (Å²) >= 11 is 0. The zero-order valence-corrected chi connectivity index (χ0v) is 10.5. The summed E-state index contributed by atoms with van der Waals surface area (Å²) in [5.74, 6) is 0.375. The van der Waals surface area contributed by atoms with Crippen molar-refractivity contribution in [2.24, 2.45) is 0 Å². The van der Waals surface area contributed by atoms with Crippen LogP contribution < -0.4 is 5.32 Å². The maximum absolute atomic E-state index is 12.5. The van der Waals surface area contributed by atoms with Crippen molar-refractivity contribution >= 4 is 5.82 Å². The summed E-state index contributed by atoms with van der Waals surface area (Å²) in [6.07, 6.45) is -3.81. The fraction of sp³-hybridized carbons (Fsp3) is 0.214. The standard InChI is InChI=1S/C14H13F3N2O/c15-14(16,17)12-2-1-3-13(19-12)18-9-8-10-4-6-11(20)7-5-10/h1-7,20H,8-9H2,(H,18,19). The van der Waals surface area contributed by atoms with E-state index in [2.05, 4.69) is 10.3 Å². The maximum Gasteiger partial charge on any atom is 0.433 e. The monoisotopic (exact) mass is 282 g/mol. The number of hydrogen-bond acceptors (Lipinski definition) is 3. The van der Waals surface area contributed by atoms with E-state index >= 15 is 0 Å². The first-order valence-electron chi connectivity index (χ1n) is 6.01. The lowest BCUT2D eigenvalue weighted by atomic mass is 10.1. The quantitative estimate of drug-likeness (QED) is 0.902. The minimum absolute atomic E-state index is 0.182. The molecule has 1 aromatic heterocycles. The summed E-state index contributed by atoms with van der Waals surface area (Å²) < 4.78 is 37.4. The summed E-state index contributed by atoms with van der Waals surface area (Å²) in [5, 5.41) is 12.0. The predicted octanol–water partition coefficient (Wildman–Crippen LogP) is 3.46. The number of aromatic hydroxyl groups is 1. The Hall–Kier alpha value is -2.24. The van der Waals surface area contributed by atoms with Gasteiger partial charge in [0.1, 0.15) is 17.3 Å². The highest BCUT2D eigenvalue weighted by Crippen LogP contribution is 2.28. The molecule has 0 saturated carbocycles. The molecule has 0 spiro atoms. The van der Waals surface area contributed by atoms with Crippen molar-refractivity contribution in [3.63, 3.8) is 0 Å². The number of pyridine rings is 1. The maximum atomic E-state index is 12.5. The van der Waals surface area contributed by atoms with Crippen LogP contribution in [0.2, 0.25) is 0 Å². The molecule has 0 amide bonds. The van der Waals surface area contributed by atoms with E-state index in [1.165, 1.54) is 12.1 Å². The smallest absolute Gasteiger partial charge is 0.433 e.